The highest BCUT2D eigenvalue weighted by Gasteiger charge is 2.31. The van der Waals surface area contributed by atoms with Gasteiger partial charge in [0.05, 0.1) is 6.61 Å². The van der Waals surface area contributed by atoms with Gasteiger partial charge in [0.15, 0.2) is 5.96 Å². The third-order valence-electron chi connectivity index (χ3n) is 6.12. The van der Waals surface area contributed by atoms with Crippen molar-refractivity contribution in [2.24, 2.45) is 4.99 Å². The fourth-order valence-corrected chi connectivity index (χ4v) is 4.53. The van der Waals surface area contributed by atoms with Crippen molar-refractivity contribution in [3.05, 3.63) is 23.3 Å². The lowest BCUT2D eigenvalue weighted by Gasteiger charge is -2.37. The van der Waals surface area contributed by atoms with E-state index in [9.17, 15) is 4.79 Å². The Morgan fingerprint density at radius 3 is 2.66 bits per heavy atom. The number of rotatable bonds is 5. The minimum Gasteiger partial charge on any atom is -0.494 e. The van der Waals surface area contributed by atoms with Gasteiger partial charge >= 0.3 is 0 Å². The van der Waals surface area contributed by atoms with E-state index in [1.54, 1.807) is 7.05 Å². The molecule has 0 aromatic heterocycles. The highest BCUT2D eigenvalue weighted by Crippen LogP contribution is 2.35. The molecule has 1 N–H and O–H groups in total. The van der Waals surface area contributed by atoms with Crippen molar-refractivity contribution in [2.45, 2.75) is 51.9 Å². The number of benzene rings is 1. The predicted molar refractivity (Wildman–Crippen MR) is 134 cm³/mol. The summed E-state index contributed by atoms with van der Waals surface area (Å²) in [6.07, 6.45) is 2.69. The van der Waals surface area contributed by atoms with Gasteiger partial charge in [0.25, 0.3) is 5.91 Å². The first-order chi connectivity index (χ1) is 15.1. The molecule has 9 heteroatoms. The standard InChI is InChI=1S/C23H34N4O4.HI/c1-4-29-20-13-17-12-16(2)31-21(17)14-18(20)15-25-23(24-3)27-9-7-26(8-10-27)22(28)19-6-5-11-30-19;/h13-14,16,19H,4-12,15H2,1-3H3,(H,24,25);1H. The Morgan fingerprint density at radius 2 is 2.00 bits per heavy atom. The summed E-state index contributed by atoms with van der Waals surface area (Å²) in [7, 11) is 1.79. The van der Waals surface area contributed by atoms with Gasteiger partial charge in [0.2, 0.25) is 0 Å². The number of ether oxygens (including phenoxy) is 3. The average molecular weight is 558 g/mol. The van der Waals surface area contributed by atoms with E-state index in [4.69, 9.17) is 14.2 Å². The van der Waals surface area contributed by atoms with Gasteiger partial charge in [-0.15, -0.1) is 24.0 Å². The van der Waals surface area contributed by atoms with Gasteiger partial charge in [0.1, 0.15) is 23.7 Å². The van der Waals surface area contributed by atoms with Gasteiger partial charge < -0.3 is 29.3 Å². The molecule has 0 spiro atoms. The molecule has 3 aliphatic heterocycles. The molecule has 0 saturated carbocycles. The molecule has 0 radical (unpaired) electrons. The maximum Gasteiger partial charge on any atom is 0.251 e. The zero-order chi connectivity index (χ0) is 21.8. The second kappa shape index (κ2) is 11.4. The van der Waals surface area contributed by atoms with Crippen molar-refractivity contribution >= 4 is 35.8 Å². The fraction of sp³-hybridized carbons (Fsp3) is 0.652. The maximum absolute atomic E-state index is 12.6. The topological polar surface area (TPSA) is 75.6 Å². The molecular weight excluding hydrogens is 523 g/mol. The normalized spacial score (nSPS) is 22.8. The Labute approximate surface area is 207 Å². The van der Waals surface area contributed by atoms with Crippen LogP contribution in [0.4, 0.5) is 0 Å². The van der Waals surface area contributed by atoms with Crippen LogP contribution in [0.25, 0.3) is 0 Å². The molecule has 3 heterocycles. The summed E-state index contributed by atoms with van der Waals surface area (Å²) in [4.78, 5) is 21.2. The Bertz CT molecular complexity index is 820. The second-order valence-electron chi connectivity index (χ2n) is 8.35. The summed E-state index contributed by atoms with van der Waals surface area (Å²) in [5.41, 5.74) is 2.26. The van der Waals surface area contributed by atoms with E-state index in [0.717, 1.165) is 55.4 Å². The number of piperazine rings is 1. The van der Waals surface area contributed by atoms with Crippen LogP contribution >= 0.6 is 24.0 Å². The Kier molecular flexibility index (Phi) is 8.87. The molecule has 2 saturated heterocycles. The third-order valence-corrected chi connectivity index (χ3v) is 6.12. The SMILES string of the molecule is CCOc1cc2c(cc1CNC(=NC)N1CCN(C(=O)C3CCCO3)CC1)OC(C)C2.I. The van der Waals surface area contributed by atoms with Crippen LogP contribution in [0.5, 0.6) is 11.5 Å². The molecule has 3 aliphatic rings. The molecule has 1 aromatic carbocycles. The van der Waals surface area contributed by atoms with Gasteiger partial charge in [-0.25, -0.2) is 0 Å². The first-order valence-corrected chi connectivity index (χ1v) is 11.4. The number of amides is 1. The number of hydrogen-bond donors (Lipinski definition) is 1. The lowest BCUT2D eigenvalue weighted by molar-refractivity contribution is -0.142. The molecule has 178 valence electrons. The molecule has 2 atom stereocenters. The zero-order valence-corrected chi connectivity index (χ0v) is 21.6. The van der Waals surface area contributed by atoms with Gasteiger partial charge in [-0.3, -0.25) is 9.79 Å². The Hall–Kier alpha value is -1.75. The minimum atomic E-state index is -0.245. The van der Waals surface area contributed by atoms with E-state index in [0.29, 0.717) is 32.8 Å². The maximum atomic E-state index is 12.6. The summed E-state index contributed by atoms with van der Waals surface area (Å²) < 4.78 is 17.4. The van der Waals surface area contributed by atoms with E-state index < -0.39 is 0 Å². The molecule has 4 rings (SSSR count). The average Bonchev–Trinajstić information content (AvgIpc) is 3.43. The molecule has 8 nitrogen and oxygen atoms in total. The van der Waals surface area contributed by atoms with Gasteiger partial charge in [-0.05, 0) is 38.8 Å². The van der Waals surface area contributed by atoms with Crippen LogP contribution in [0, 0.1) is 0 Å². The molecule has 1 amide bonds. The number of carbonyl (C=O) groups excluding carboxylic acids is 1. The van der Waals surface area contributed by atoms with Crippen molar-refractivity contribution in [1.82, 2.24) is 15.1 Å². The van der Waals surface area contributed by atoms with Crippen molar-refractivity contribution < 1.29 is 19.0 Å². The quantitative estimate of drug-likeness (QED) is 0.340. The van der Waals surface area contributed by atoms with Crippen molar-refractivity contribution in [2.75, 3.05) is 46.4 Å². The second-order valence-corrected chi connectivity index (χ2v) is 8.35. The smallest absolute Gasteiger partial charge is 0.251 e. The van der Waals surface area contributed by atoms with Crippen LogP contribution in [0.1, 0.15) is 37.8 Å². The zero-order valence-electron chi connectivity index (χ0n) is 19.3. The lowest BCUT2D eigenvalue weighted by atomic mass is 10.1. The lowest BCUT2D eigenvalue weighted by Crippen LogP contribution is -2.55. The van der Waals surface area contributed by atoms with Crippen LogP contribution in [0.15, 0.2) is 17.1 Å². The van der Waals surface area contributed by atoms with Crippen molar-refractivity contribution in [3.63, 3.8) is 0 Å². The number of guanidine groups is 1. The van der Waals surface area contributed by atoms with Gasteiger partial charge in [-0.1, -0.05) is 0 Å². The highest BCUT2D eigenvalue weighted by atomic mass is 127. The molecule has 1 aromatic rings. The first kappa shape index (κ1) is 24.9. The van der Waals surface area contributed by atoms with Crippen LogP contribution < -0.4 is 14.8 Å². The number of aliphatic imine (C=N–C) groups is 1. The monoisotopic (exact) mass is 558 g/mol. The minimum absolute atomic E-state index is 0. The summed E-state index contributed by atoms with van der Waals surface area (Å²) in [6.45, 7) is 8.89. The summed E-state index contributed by atoms with van der Waals surface area (Å²) in [5.74, 6) is 2.81. The molecule has 0 bridgehead atoms. The van der Waals surface area contributed by atoms with Gasteiger partial charge in [-0.2, -0.15) is 0 Å². The summed E-state index contributed by atoms with van der Waals surface area (Å²) in [6, 6.07) is 4.19. The van der Waals surface area contributed by atoms with Gasteiger partial charge in [0, 0.05) is 63.9 Å². The number of hydrogen-bond acceptors (Lipinski definition) is 5. The molecule has 2 unspecified atom stereocenters. The van der Waals surface area contributed by atoms with Crippen molar-refractivity contribution in [3.8, 4) is 11.5 Å². The Morgan fingerprint density at radius 1 is 1.25 bits per heavy atom. The fourth-order valence-electron chi connectivity index (χ4n) is 4.53. The van der Waals surface area contributed by atoms with E-state index in [1.807, 2.05) is 11.8 Å². The van der Waals surface area contributed by atoms with E-state index >= 15 is 0 Å². The van der Waals surface area contributed by atoms with E-state index in [1.165, 1.54) is 5.56 Å². The van der Waals surface area contributed by atoms with Crippen LogP contribution in [0.2, 0.25) is 0 Å². The number of nitrogens with one attached hydrogen (secondary N) is 1. The van der Waals surface area contributed by atoms with Crippen LogP contribution in [0.3, 0.4) is 0 Å². The predicted octanol–water partition coefficient (Wildman–Crippen LogP) is 2.43. The summed E-state index contributed by atoms with van der Waals surface area (Å²) >= 11 is 0. The third kappa shape index (κ3) is 5.59. The van der Waals surface area contributed by atoms with Crippen molar-refractivity contribution in [1.29, 1.82) is 0 Å². The van der Waals surface area contributed by atoms with Crippen LogP contribution in [-0.2, 0) is 22.5 Å². The van der Waals surface area contributed by atoms with Crippen LogP contribution in [-0.4, -0.2) is 80.3 Å². The van der Waals surface area contributed by atoms with E-state index in [2.05, 4.69) is 34.3 Å². The summed E-state index contributed by atoms with van der Waals surface area (Å²) in [5, 5.41) is 3.47. The number of fused-ring (bicyclic) bond motifs is 1. The number of nitrogens with zero attached hydrogens (tertiary/aromatic N) is 3. The molecule has 0 aliphatic carbocycles. The number of halogens is 1. The first-order valence-electron chi connectivity index (χ1n) is 11.4. The van der Waals surface area contributed by atoms with E-state index in [-0.39, 0.29) is 42.1 Å². The number of carbonyl (C=O) groups is 1. The largest absolute Gasteiger partial charge is 0.494 e. The highest BCUT2D eigenvalue weighted by molar-refractivity contribution is 14.0. The molecule has 2 fully saturated rings. The Balaban J connectivity index is 0.00000289. The molecule has 32 heavy (non-hydrogen) atoms. The molecular formula is C23H35IN4O4.